The fourth-order valence-electron chi connectivity index (χ4n) is 2.88. The van der Waals surface area contributed by atoms with E-state index in [2.05, 4.69) is 31.0 Å². The van der Waals surface area contributed by atoms with E-state index in [0.29, 0.717) is 6.54 Å². The molecule has 7 nitrogen and oxygen atoms in total. The molecule has 0 aliphatic heterocycles. The monoisotopic (exact) mass is 464 g/mol. The molecule has 2 aromatic carbocycles. The Balaban J connectivity index is 1.53. The summed E-state index contributed by atoms with van der Waals surface area (Å²) in [5, 5.41) is 2.80. The summed E-state index contributed by atoms with van der Waals surface area (Å²) in [6, 6.07) is 14.1. The van der Waals surface area contributed by atoms with Gasteiger partial charge in [-0.2, -0.15) is 0 Å². The van der Waals surface area contributed by atoms with Gasteiger partial charge in [-0.15, -0.1) is 0 Å². The van der Waals surface area contributed by atoms with Gasteiger partial charge < -0.3 is 9.88 Å². The number of carbonyl (C=O) groups excluding carboxylic acids is 1. The molecule has 0 aliphatic carbocycles. The van der Waals surface area contributed by atoms with Crippen LogP contribution in [0.2, 0.25) is 0 Å². The number of aryl methyl sites for hydroxylation is 1. The second kappa shape index (κ2) is 8.85. The Labute approximate surface area is 172 Å². The lowest BCUT2D eigenvalue weighted by molar-refractivity contribution is -0.121. The molecule has 148 valence electrons. The van der Waals surface area contributed by atoms with E-state index in [0.717, 1.165) is 27.9 Å². The molecule has 1 aromatic heterocycles. The number of amides is 1. The van der Waals surface area contributed by atoms with Gasteiger partial charge in [-0.05, 0) is 43.3 Å². The van der Waals surface area contributed by atoms with Crippen LogP contribution < -0.4 is 10.0 Å². The predicted octanol–water partition coefficient (Wildman–Crippen LogP) is 2.80. The summed E-state index contributed by atoms with van der Waals surface area (Å²) < 4.78 is 29.7. The van der Waals surface area contributed by atoms with Gasteiger partial charge in [-0.25, -0.2) is 18.1 Å². The van der Waals surface area contributed by atoms with E-state index in [1.165, 1.54) is 12.1 Å². The summed E-state index contributed by atoms with van der Waals surface area (Å²) in [7, 11) is -3.64. The highest BCUT2D eigenvalue weighted by Gasteiger charge is 2.14. The topological polar surface area (TPSA) is 93.1 Å². The van der Waals surface area contributed by atoms with Crippen molar-refractivity contribution in [1.82, 2.24) is 19.6 Å². The third-order valence-electron chi connectivity index (χ3n) is 4.26. The number of fused-ring (bicyclic) bond motifs is 1. The molecule has 0 saturated heterocycles. The molecule has 0 unspecified atom stereocenters. The average molecular weight is 465 g/mol. The first kappa shape index (κ1) is 20.5. The first-order chi connectivity index (χ1) is 13.4. The van der Waals surface area contributed by atoms with Crippen LogP contribution in [0.15, 0.2) is 57.9 Å². The van der Waals surface area contributed by atoms with Crippen molar-refractivity contribution in [3.63, 3.8) is 0 Å². The number of hydrogen-bond donors (Lipinski definition) is 2. The van der Waals surface area contributed by atoms with Gasteiger partial charge in [0, 0.05) is 24.0 Å². The molecule has 0 radical (unpaired) electrons. The molecule has 0 spiro atoms. The highest BCUT2D eigenvalue weighted by Crippen LogP contribution is 2.16. The number of hydrogen-bond acceptors (Lipinski definition) is 4. The van der Waals surface area contributed by atoms with E-state index in [4.69, 9.17) is 0 Å². The van der Waals surface area contributed by atoms with Crippen LogP contribution in [0, 0.1) is 0 Å². The van der Waals surface area contributed by atoms with E-state index in [9.17, 15) is 13.2 Å². The molecular weight excluding hydrogens is 444 g/mol. The van der Waals surface area contributed by atoms with Crippen molar-refractivity contribution in [3.05, 3.63) is 58.8 Å². The smallest absolute Gasteiger partial charge is 0.240 e. The predicted molar refractivity (Wildman–Crippen MR) is 111 cm³/mol. The number of halogens is 1. The van der Waals surface area contributed by atoms with E-state index >= 15 is 0 Å². The Hall–Kier alpha value is -2.23. The van der Waals surface area contributed by atoms with Crippen molar-refractivity contribution in [2.45, 2.75) is 31.3 Å². The molecular formula is C19H21BrN4O3S. The molecule has 3 aromatic rings. The van der Waals surface area contributed by atoms with Crippen LogP contribution in [0.3, 0.4) is 0 Å². The average Bonchev–Trinajstić information content (AvgIpc) is 3.04. The van der Waals surface area contributed by atoms with Crippen molar-refractivity contribution in [3.8, 4) is 0 Å². The molecule has 0 bridgehead atoms. The van der Waals surface area contributed by atoms with Crippen LogP contribution in [0.5, 0.6) is 0 Å². The van der Waals surface area contributed by atoms with E-state index in [-0.39, 0.29) is 23.8 Å². The first-order valence-corrected chi connectivity index (χ1v) is 11.1. The van der Waals surface area contributed by atoms with Gasteiger partial charge in [0.05, 0.1) is 22.5 Å². The van der Waals surface area contributed by atoms with Crippen LogP contribution >= 0.6 is 15.9 Å². The zero-order valence-corrected chi connectivity index (χ0v) is 17.8. The zero-order valence-electron chi connectivity index (χ0n) is 15.4. The minimum absolute atomic E-state index is 0.0222. The Morgan fingerprint density at radius 2 is 1.86 bits per heavy atom. The van der Waals surface area contributed by atoms with Crippen LogP contribution in [-0.2, 0) is 27.9 Å². The van der Waals surface area contributed by atoms with Gasteiger partial charge >= 0.3 is 0 Å². The molecule has 1 amide bonds. The van der Waals surface area contributed by atoms with Gasteiger partial charge in [-0.3, -0.25) is 4.79 Å². The molecule has 0 fully saturated rings. The van der Waals surface area contributed by atoms with Gasteiger partial charge in [-0.1, -0.05) is 28.1 Å². The summed E-state index contributed by atoms with van der Waals surface area (Å²) in [5.41, 5.74) is 1.91. The summed E-state index contributed by atoms with van der Waals surface area (Å²) in [4.78, 5) is 16.8. The van der Waals surface area contributed by atoms with Crippen LogP contribution in [0.4, 0.5) is 0 Å². The SMILES string of the molecule is CCn1c(CNC(=O)CCNS(=O)(=O)c2ccc(Br)cc2)nc2ccccc21. The number of carbonyl (C=O) groups is 1. The Morgan fingerprint density at radius 1 is 1.14 bits per heavy atom. The van der Waals surface area contributed by atoms with E-state index < -0.39 is 10.0 Å². The third-order valence-corrected chi connectivity index (χ3v) is 6.27. The maximum Gasteiger partial charge on any atom is 0.240 e. The van der Waals surface area contributed by atoms with Crippen molar-refractivity contribution in [2.24, 2.45) is 0 Å². The summed E-state index contributed by atoms with van der Waals surface area (Å²) in [5.74, 6) is 0.528. The Morgan fingerprint density at radius 3 is 2.57 bits per heavy atom. The minimum Gasteiger partial charge on any atom is -0.349 e. The molecule has 2 N–H and O–H groups in total. The van der Waals surface area contributed by atoms with Gasteiger partial charge in [0.1, 0.15) is 5.82 Å². The summed E-state index contributed by atoms with van der Waals surface area (Å²) in [6.45, 7) is 3.09. The zero-order chi connectivity index (χ0) is 20.1. The van der Waals surface area contributed by atoms with Gasteiger partial charge in [0.2, 0.25) is 15.9 Å². The molecule has 9 heteroatoms. The summed E-state index contributed by atoms with van der Waals surface area (Å²) in [6.07, 6.45) is 0.0438. The number of imidazole rings is 1. The maximum atomic E-state index is 12.2. The number of para-hydroxylation sites is 2. The normalized spacial score (nSPS) is 11.6. The quantitative estimate of drug-likeness (QED) is 0.535. The van der Waals surface area contributed by atoms with Crippen molar-refractivity contribution >= 4 is 42.9 Å². The fraction of sp³-hybridized carbons (Fsp3) is 0.263. The maximum absolute atomic E-state index is 12.2. The van der Waals surface area contributed by atoms with E-state index in [1.54, 1.807) is 12.1 Å². The Kier molecular flexibility index (Phi) is 6.48. The highest BCUT2D eigenvalue weighted by atomic mass is 79.9. The van der Waals surface area contributed by atoms with Gasteiger partial charge in [0.25, 0.3) is 0 Å². The second-order valence-corrected chi connectivity index (χ2v) is 8.82. The number of sulfonamides is 1. The Bertz CT molecular complexity index is 1080. The lowest BCUT2D eigenvalue weighted by Crippen LogP contribution is -2.31. The van der Waals surface area contributed by atoms with Gasteiger partial charge in [0.15, 0.2) is 0 Å². The van der Waals surface area contributed by atoms with Crippen molar-refractivity contribution in [2.75, 3.05) is 6.54 Å². The first-order valence-electron chi connectivity index (χ1n) is 8.87. The molecule has 1 heterocycles. The molecule has 3 rings (SSSR count). The van der Waals surface area contributed by atoms with Crippen molar-refractivity contribution in [1.29, 1.82) is 0 Å². The number of aromatic nitrogens is 2. The highest BCUT2D eigenvalue weighted by molar-refractivity contribution is 9.10. The molecule has 0 saturated carbocycles. The second-order valence-electron chi connectivity index (χ2n) is 6.14. The molecule has 0 atom stereocenters. The van der Waals surface area contributed by atoms with Crippen LogP contribution in [0.25, 0.3) is 11.0 Å². The fourth-order valence-corrected chi connectivity index (χ4v) is 4.17. The van der Waals surface area contributed by atoms with Crippen LogP contribution in [0.1, 0.15) is 19.2 Å². The van der Waals surface area contributed by atoms with Crippen molar-refractivity contribution < 1.29 is 13.2 Å². The standard InChI is InChI=1S/C19H21BrN4O3S/c1-2-24-17-6-4-3-5-16(17)23-18(24)13-21-19(25)11-12-22-28(26,27)15-9-7-14(20)8-10-15/h3-10,22H,2,11-13H2,1H3,(H,21,25). The summed E-state index contributed by atoms with van der Waals surface area (Å²) >= 11 is 3.27. The molecule has 0 aliphatic rings. The van der Waals surface area contributed by atoms with E-state index in [1.807, 2.05) is 35.8 Å². The number of nitrogens with zero attached hydrogens (tertiary/aromatic N) is 2. The number of nitrogens with one attached hydrogen (secondary N) is 2. The molecule has 28 heavy (non-hydrogen) atoms. The largest absolute Gasteiger partial charge is 0.349 e. The number of benzene rings is 2. The third kappa shape index (κ3) is 4.78. The number of rotatable bonds is 8. The minimum atomic E-state index is -3.64. The lowest BCUT2D eigenvalue weighted by atomic mass is 10.3. The van der Waals surface area contributed by atoms with Crippen LogP contribution in [-0.4, -0.2) is 30.4 Å². The lowest BCUT2D eigenvalue weighted by Gasteiger charge is -2.09.